The van der Waals surface area contributed by atoms with Crippen LogP contribution < -0.4 is 11.2 Å². The Morgan fingerprint density at radius 3 is 2.60 bits per heavy atom. The summed E-state index contributed by atoms with van der Waals surface area (Å²) in [5, 5.41) is 17.3. The van der Waals surface area contributed by atoms with Crippen LogP contribution in [-0.4, -0.2) is 37.7 Å². The third-order valence-electron chi connectivity index (χ3n) is 2.97. The van der Waals surface area contributed by atoms with Crippen LogP contribution in [0.1, 0.15) is 17.4 Å². The molecule has 3 atom stereocenters. The Morgan fingerprint density at radius 1 is 1.45 bits per heavy atom. The number of hydrogen-bond acceptors (Lipinski definition) is 5. The van der Waals surface area contributed by atoms with Crippen molar-refractivity contribution in [2.75, 3.05) is 6.61 Å². The normalized spacial score (nSPS) is 26.9. The lowest BCUT2D eigenvalue weighted by Crippen LogP contribution is -2.35. The predicted molar refractivity (Wildman–Crippen MR) is 64.5 cm³/mol. The van der Waals surface area contributed by atoms with Crippen LogP contribution in [0.5, 0.6) is 0 Å². The van der Waals surface area contributed by atoms with E-state index in [2.05, 4.69) is 0 Å². The number of alkyl halides is 3. The van der Waals surface area contributed by atoms with Crippen molar-refractivity contribution in [2.45, 2.75) is 29.3 Å². The lowest BCUT2D eigenvalue weighted by Gasteiger charge is -2.15. The summed E-state index contributed by atoms with van der Waals surface area (Å²) in [5.74, 6) is 0. The molecule has 20 heavy (non-hydrogen) atoms. The van der Waals surface area contributed by atoms with Gasteiger partial charge >= 0.3 is 11.9 Å². The van der Waals surface area contributed by atoms with Gasteiger partial charge in [-0.05, 0) is 0 Å². The fraction of sp³-hybridized carbons (Fsp3) is 0.600. The van der Waals surface area contributed by atoms with Crippen LogP contribution in [0.3, 0.4) is 0 Å². The topological polar surface area (TPSA) is 95.3 Å². The van der Waals surface area contributed by atoms with Crippen molar-refractivity contribution in [3.05, 3.63) is 32.6 Å². The highest BCUT2D eigenvalue weighted by molar-refractivity contribution is 8.00. The Labute approximate surface area is 114 Å². The number of thioether (sulfide) groups is 1. The summed E-state index contributed by atoms with van der Waals surface area (Å²) in [6.07, 6.45) is -5.34. The zero-order chi connectivity index (χ0) is 15.1. The Balaban J connectivity index is 2.43. The van der Waals surface area contributed by atoms with E-state index in [0.29, 0.717) is 6.20 Å². The predicted octanol–water partition coefficient (Wildman–Crippen LogP) is -0.0873. The van der Waals surface area contributed by atoms with E-state index in [0.717, 1.165) is 16.3 Å². The molecular formula is C10H11F3N2O4S. The van der Waals surface area contributed by atoms with Crippen LogP contribution in [0.2, 0.25) is 0 Å². The molecule has 10 heteroatoms. The molecule has 1 fully saturated rings. The Bertz CT molecular complexity index is 612. The van der Waals surface area contributed by atoms with Crippen molar-refractivity contribution < 1.29 is 23.4 Å². The molecule has 0 unspecified atom stereocenters. The first-order valence-corrected chi connectivity index (χ1v) is 6.55. The molecule has 0 bridgehead atoms. The second kappa shape index (κ2) is 5.26. The summed E-state index contributed by atoms with van der Waals surface area (Å²) < 4.78 is 38.6. The number of nitrogens with zero attached hydrogens (tertiary/aromatic N) is 1. The van der Waals surface area contributed by atoms with Gasteiger partial charge in [0.2, 0.25) is 0 Å². The summed E-state index contributed by atoms with van der Waals surface area (Å²) in [5.41, 5.74) is -3.95. The standard InChI is InChI=1S/C10H11F3N2O4S/c11-10(12,13)4-2-15(9(19)14-8(4)18)7-1-5(17)6(3-16)20-7/h2,5-7,16-17H,1,3H2,(H,14,18,19)/t5-,6+,7-/m0/s1. The van der Waals surface area contributed by atoms with E-state index in [1.54, 1.807) is 4.98 Å². The average Bonchev–Trinajstić information content (AvgIpc) is 2.68. The quantitative estimate of drug-likeness (QED) is 0.709. The maximum absolute atomic E-state index is 12.6. The zero-order valence-corrected chi connectivity index (χ0v) is 10.7. The maximum Gasteiger partial charge on any atom is 0.423 e. The summed E-state index contributed by atoms with van der Waals surface area (Å²) in [7, 11) is 0. The maximum atomic E-state index is 12.6. The zero-order valence-electron chi connectivity index (χ0n) is 9.92. The van der Waals surface area contributed by atoms with Crippen LogP contribution in [0.4, 0.5) is 13.2 Å². The van der Waals surface area contributed by atoms with Gasteiger partial charge in [-0.3, -0.25) is 14.3 Å². The first-order valence-electron chi connectivity index (χ1n) is 5.61. The van der Waals surface area contributed by atoms with E-state index in [-0.39, 0.29) is 13.0 Å². The minimum atomic E-state index is -4.87. The Kier molecular flexibility index (Phi) is 3.98. The van der Waals surface area contributed by atoms with Crippen LogP contribution in [0, 0.1) is 0 Å². The number of aliphatic hydroxyl groups excluding tert-OH is 2. The molecule has 0 spiro atoms. The van der Waals surface area contributed by atoms with Crippen molar-refractivity contribution in [3.8, 4) is 0 Å². The lowest BCUT2D eigenvalue weighted by molar-refractivity contribution is -0.139. The molecular weight excluding hydrogens is 301 g/mol. The van der Waals surface area contributed by atoms with Crippen molar-refractivity contribution in [1.82, 2.24) is 9.55 Å². The van der Waals surface area contributed by atoms with Crippen LogP contribution in [-0.2, 0) is 6.18 Å². The highest BCUT2D eigenvalue weighted by Crippen LogP contribution is 2.40. The van der Waals surface area contributed by atoms with E-state index >= 15 is 0 Å². The molecule has 2 rings (SSSR count). The fourth-order valence-corrected chi connectivity index (χ4v) is 3.33. The molecule has 0 radical (unpaired) electrons. The smallest absolute Gasteiger partial charge is 0.395 e. The minimum Gasteiger partial charge on any atom is -0.395 e. The molecule has 3 N–H and O–H groups in total. The lowest BCUT2D eigenvalue weighted by atomic mass is 10.2. The van der Waals surface area contributed by atoms with Gasteiger partial charge in [0.15, 0.2) is 0 Å². The Morgan fingerprint density at radius 2 is 2.10 bits per heavy atom. The second-order valence-corrected chi connectivity index (χ2v) is 5.74. The van der Waals surface area contributed by atoms with E-state index < -0.39 is 39.7 Å². The number of aromatic nitrogens is 2. The highest BCUT2D eigenvalue weighted by atomic mass is 32.2. The van der Waals surface area contributed by atoms with Crippen molar-refractivity contribution in [3.63, 3.8) is 0 Å². The summed E-state index contributed by atoms with van der Waals surface area (Å²) in [6.45, 7) is -0.355. The number of nitrogens with one attached hydrogen (secondary N) is 1. The van der Waals surface area contributed by atoms with Crippen LogP contribution in [0.15, 0.2) is 15.8 Å². The van der Waals surface area contributed by atoms with E-state index in [9.17, 15) is 27.9 Å². The molecule has 112 valence electrons. The summed E-state index contributed by atoms with van der Waals surface area (Å²) in [6, 6.07) is 0. The molecule has 1 aliphatic rings. The molecule has 1 aliphatic heterocycles. The van der Waals surface area contributed by atoms with E-state index in [1.165, 1.54) is 0 Å². The third-order valence-corrected chi connectivity index (χ3v) is 4.51. The molecule has 0 aliphatic carbocycles. The largest absolute Gasteiger partial charge is 0.423 e. The molecule has 1 saturated heterocycles. The first kappa shape index (κ1) is 15.1. The molecule has 0 amide bonds. The Hall–Kier alpha value is -1.26. The first-order chi connectivity index (χ1) is 9.24. The average molecular weight is 312 g/mol. The summed E-state index contributed by atoms with van der Waals surface area (Å²) >= 11 is 0.985. The molecule has 0 aromatic carbocycles. The number of rotatable bonds is 2. The van der Waals surface area contributed by atoms with Gasteiger partial charge in [0.05, 0.1) is 23.3 Å². The number of hydrogen-bond donors (Lipinski definition) is 3. The van der Waals surface area contributed by atoms with Crippen LogP contribution >= 0.6 is 11.8 Å². The monoisotopic (exact) mass is 312 g/mol. The molecule has 2 heterocycles. The van der Waals surface area contributed by atoms with Gasteiger partial charge in [-0.15, -0.1) is 11.8 Å². The van der Waals surface area contributed by atoms with E-state index in [4.69, 9.17) is 5.11 Å². The molecule has 6 nitrogen and oxygen atoms in total. The van der Waals surface area contributed by atoms with Gasteiger partial charge < -0.3 is 10.2 Å². The van der Waals surface area contributed by atoms with Crippen LogP contribution in [0.25, 0.3) is 0 Å². The van der Waals surface area contributed by atoms with Gasteiger partial charge in [0, 0.05) is 12.6 Å². The SMILES string of the molecule is O=c1[nH]c(=O)n([C@@H]2C[C@H](O)[C@@H](CO)S2)cc1C(F)(F)F. The molecule has 1 aromatic rings. The summed E-state index contributed by atoms with van der Waals surface area (Å²) in [4.78, 5) is 24.4. The number of H-pyrrole nitrogens is 1. The fourth-order valence-electron chi connectivity index (χ4n) is 1.95. The highest BCUT2D eigenvalue weighted by Gasteiger charge is 2.38. The number of halogens is 3. The van der Waals surface area contributed by atoms with Gasteiger partial charge in [0.1, 0.15) is 5.56 Å². The molecule has 0 saturated carbocycles. The van der Waals surface area contributed by atoms with Gasteiger partial charge in [-0.2, -0.15) is 13.2 Å². The van der Waals surface area contributed by atoms with Gasteiger partial charge in [-0.1, -0.05) is 0 Å². The van der Waals surface area contributed by atoms with E-state index in [1.807, 2.05) is 0 Å². The van der Waals surface area contributed by atoms with Gasteiger partial charge in [0.25, 0.3) is 5.56 Å². The number of aromatic amines is 1. The minimum absolute atomic E-state index is 0.0130. The third kappa shape index (κ3) is 2.76. The van der Waals surface area contributed by atoms with Crippen molar-refractivity contribution >= 4 is 11.8 Å². The van der Waals surface area contributed by atoms with Crippen molar-refractivity contribution in [2.24, 2.45) is 0 Å². The van der Waals surface area contributed by atoms with Crippen molar-refractivity contribution in [1.29, 1.82) is 0 Å². The van der Waals surface area contributed by atoms with Gasteiger partial charge in [-0.25, -0.2) is 4.79 Å². The number of aliphatic hydroxyl groups is 2. The second-order valence-electron chi connectivity index (χ2n) is 4.32. The molecule has 1 aromatic heterocycles.